The summed E-state index contributed by atoms with van der Waals surface area (Å²) in [5.41, 5.74) is 1.42. The lowest BCUT2D eigenvalue weighted by Gasteiger charge is -2.09. The maximum absolute atomic E-state index is 10.0. The number of hydrogen-bond donors (Lipinski definition) is 1. The number of rotatable bonds is 2. The highest BCUT2D eigenvalue weighted by atomic mass is 35.5. The van der Waals surface area contributed by atoms with Crippen LogP contribution in [0.25, 0.3) is 0 Å². The van der Waals surface area contributed by atoms with Gasteiger partial charge in [0.05, 0.1) is 6.26 Å². The SMILES string of the molecule is Cc1cc(C(O)c2ccccc2Cl)co1. The quantitative estimate of drug-likeness (QED) is 0.846. The number of benzene rings is 1. The molecule has 0 radical (unpaired) electrons. The Hall–Kier alpha value is -1.25. The van der Waals surface area contributed by atoms with E-state index in [0.29, 0.717) is 10.6 Å². The molecule has 0 aliphatic carbocycles. The molecule has 0 spiro atoms. The van der Waals surface area contributed by atoms with Crippen molar-refractivity contribution >= 4 is 11.6 Å². The van der Waals surface area contributed by atoms with Gasteiger partial charge in [0.15, 0.2) is 0 Å². The highest BCUT2D eigenvalue weighted by Crippen LogP contribution is 2.28. The summed E-state index contributed by atoms with van der Waals surface area (Å²) < 4.78 is 5.14. The third kappa shape index (κ3) is 2.06. The van der Waals surface area contributed by atoms with E-state index in [-0.39, 0.29) is 0 Å². The zero-order chi connectivity index (χ0) is 10.8. The average Bonchev–Trinajstić information content (AvgIpc) is 2.65. The molecule has 2 aromatic rings. The van der Waals surface area contributed by atoms with Crippen LogP contribution in [0, 0.1) is 6.92 Å². The number of halogens is 1. The Morgan fingerprint density at radius 3 is 2.67 bits per heavy atom. The first-order valence-electron chi connectivity index (χ1n) is 4.66. The van der Waals surface area contributed by atoms with E-state index in [9.17, 15) is 5.11 Å². The van der Waals surface area contributed by atoms with Crippen LogP contribution in [0.4, 0.5) is 0 Å². The molecule has 0 fully saturated rings. The number of aliphatic hydroxyl groups is 1. The lowest BCUT2D eigenvalue weighted by molar-refractivity contribution is 0.219. The lowest BCUT2D eigenvalue weighted by Crippen LogP contribution is -1.98. The van der Waals surface area contributed by atoms with Crippen molar-refractivity contribution in [3.05, 3.63) is 58.5 Å². The Labute approximate surface area is 93.1 Å². The molecule has 78 valence electrons. The van der Waals surface area contributed by atoms with Crippen molar-refractivity contribution in [1.82, 2.24) is 0 Å². The molecule has 0 aliphatic heterocycles. The van der Waals surface area contributed by atoms with Crippen molar-refractivity contribution in [2.75, 3.05) is 0 Å². The molecule has 0 aliphatic rings. The van der Waals surface area contributed by atoms with Crippen LogP contribution in [-0.4, -0.2) is 5.11 Å². The standard InChI is InChI=1S/C12H11ClO2/c1-8-6-9(7-15-8)12(14)10-4-2-3-5-11(10)13/h2-7,12,14H,1H3. The largest absolute Gasteiger partial charge is 0.469 e. The van der Waals surface area contributed by atoms with E-state index in [4.69, 9.17) is 16.0 Å². The summed E-state index contributed by atoms with van der Waals surface area (Å²) in [5.74, 6) is 0.774. The number of furan rings is 1. The van der Waals surface area contributed by atoms with Crippen LogP contribution in [0.2, 0.25) is 5.02 Å². The number of aliphatic hydroxyl groups excluding tert-OH is 1. The first-order chi connectivity index (χ1) is 7.18. The molecule has 1 aromatic carbocycles. The van der Waals surface area contributed by atoms with E-state index in [1.54, 1.807) is 24.5 Å². The number of aryl methyl sites for hydroxylation is 1. The summed E-state index contributed by atoms with van der Waals surface area (Å²) in [4.78, 5) is 0. The predicted octanol–water partition coefficient (Wildman–Crippen LogP) is 3.32. The van der Waals surface area contributed by atoms with Crippen LogP contribution >= 0.6 is 11.6 Å². The summed E-state index contributed by atoms with van der Waals surface area (Å²) in [5, 5.41) is 10.6. The first kappa shape index (κ1) is 10.3. The van der Waals surface area contributed by atoms with Gasteiger partial charge >= 0.3 is 0 Å². The van der Waals surface area contributed by atoms with Crippen LogP contribution in [0.5, 0.6) is 0 Å². The second kappa shape index (κ2) is 4.09. The fraction of sp³-hybridized carbons (Fsp3) is 0.167. The van der Waals surface area contributed by atoms with E-state index >= 15 is 0 Å². The van der Waals surface area contributed by atoms with Crippen molar-refractivity contribution in [2.24, 2.45) is 0 Å². The molecular formula is C12H11ClO2. The second-order valence-corrected chi connectivity index (χ2v) is 3.82. The van der Waals surface area contributed by atoms with Gasteiger partial charge in [-0.05, 0) is 19.1 Å². The third-order valence-corrected chi connectivity index (χ3v) is 2.61. The molecule has 0 bridgehead atoms. The smallest absolute Gasteiger partial charge is 0.109 e. The molecule has 1 heterocycles. The van der Waals surface area contributed by atoms with Crippen LogP contribution in [0.1, 0.15) is 23.0 Å². The Bertz CT molecular complexity index is 462. The molecule has 2 rings (SSSR count). The summed E-state index contributed by atoms with van der Waals surface area (Å²) in [7, 11) is 0. The average molecular weight is 223 g/mol. The molecule has 0 saturated carbocycles. The summed E-state index contributed by atoms with van der Waals surface area (Å²) in [6.07, 6.45) is 0.819. The van der Waals surface area contributed by atoms with E-state index in [0.717, 1.165) is 11.3 Å². The highest BCUT2D eigenvalue weighted by Gasteiger charge is 2.14. The zero-order valence-corrected chi connectivity index (χ0v) is 9.03. The van der Waals surface area contributed by atoms with E-state index in [1.165, 1.54) is 0 Å². The van der Waals surface area contributed by atoms with Crippen LogP contribution in [-0.2, 0) is 0 Å². The number of hydrogen-bond acceptors (Lipinski definition) is 2. The predicted molar refractivity (Wildman–Crippen MR) is 59.0 cm³/mol. The maximum Gasteiger partial charge on any atom is 0.109 e. The Kier molecular flexibility index (Phi) is 2.80. The summed E-state index contributed by atoms with van der Waals surface area (Å²) in [6.45, 7) is 1.84. The minimum atomic E-state index is -0.726. The minimum absolute atomic E-state index is 0.559. The molecule has 1 atom stereocenters. The van der Waals surface area contributed by atoms with Gasteiger partial charge in [-0.15, -0.1) is 0 Å². The van der Waals surface area contributed by atoms with Crippen molar-refractivity contribution < 1.29 is 9.52 Å². The van der Waals surface area contributed by atoms with E-state index < -0.39 is 6.10 Å². The van der Waals surface area contributed by atoms with E-state index in [1.807, 2.05) is 19.1 Å². The van der Waals surface area contributed by atoms with Gasteiger partial charge in [0, 0.05) is 16.1 Å². The van der Waals surface area contributed by atoms with Crippen LogP contribution in [0.3, 0.4) is 0 Å². The van der Waals surface area contributed by atoms with Gasteiger partial charge < -0.3 is 9.52 Å². The molecule has 3 heteroatoms. The Morgan fingerprint density at radius 2 is 2.07 bits per heavy atom. The van der Waals surface area contributed by atoms with Crippen molar-refractivity contribution in [3.63, 3.8) is 0 Å². The molecule has 0 saturated heterocycles. The van der Waals surface area contributed by atoms with Crippen molar-refractivity contribution in [1.29, 1.82) is 0 Å². The van der Waals surface area contributed by atoms with Gasteiger partial charge in [-0.3, -0.25) is 0 Å². The van der Waals surface area contributed by atoms with Crippen LogP contribution < -0.4 is 0 Å². The fourth-order valence-electron chi connectivity index (χ4n) is 1.48. The Morgan fingerprint density at radius 1 is 1.33 bits per heavy atom. The molecular weight excluding hydrogens is 212 g/mol. The van der Waals surface area contributed by atoms with Crippen LogP contribution in [0.15, 0.2) is 41.0 Å². The highest BCUT2D eigenvalue weighted by molar-refractivity contribution is 6.31. The van der Waals surface area contributed by atoms with Gasteiger partial charge in [0.2, 0.25) is 0 Å². The summed E-state index contributed by atoms with van der Waals surface area (Å²) >= 11 is 5.99. The van der Waals surface area contributed by atoms with Gasteiger partial charge in [0.25, 0.3) is 0 Å². The van der Waals surface area contributed by atoms with Crippen molar-refractivity contribution in [2.45, 2.75) is 13.0 Å². The topological polar surface area (TPSA) is 33.4 Å². The van der Waals surface area contributed by atoms with Gasteiger partial charge in [-0.25, -0.2) is 0 Å². The lowest BCUT2D eigenvalue weighted by atomic mass is 10.0. The van der Waals surface area contributed by atoms with Gasteiger partial charge in [0.1, 0.15) is 11.9 Å². The molecule has 1 N–H and O–H groups in total. The Balaban J connectivity index is 2.36. The van der Waals surface area contributed by atoms with Crippen molar-refractivity contribution in [3.8, 4) is 0 Å². The molecule has 1 aromatic heterocycles. The first-order valence-corrected chi connectivity index (χ1v) is 5.04. The fourth-order valence-corrected chi connectivity index (χ4v) is 1.72. The van der Waals surface area contributed by atoms with Gasteiger partial charge in [-0.1, -0.05) is 29.8 Å². The van der Waals surface area contributed by atoms with Gasteiger partial charge in [-0.2, -0.15) is 0 Å². The van der Waals surface area contributed by atoms with E-state index in [2.05, 4.69) is 0 Å². The maximum atomic E-state index is 10.0. The minimum Gasteiger partial charge on any atom is -0.469 e. The molecule has 15 heavy (non-hydrogen) atoms. The molecule has 2 nitrogen and oxygen atoms in total. The summed E-state index contributed by atoms with van der Waals surface area (Å²) in [6, 6.07) is 9.03. The molecule has 0 amide bonds. The molecule has 1 unspecified atom stereocenters. The zero-order valence-electron chi connectivity index (χ0n) is 8.27. The second-order valence-electron chi connectivity index (χ2n) is 3.41. The third-order valence-electron chi connectivity index (χ3n) is 2.27. The monoisotopic (exact) mass is 222 g/mol. The normalized spacial score (nSPS) is 12.7.